The molecule has 1 aliphatic carbocycles. The Morgan fingerprint density at radius 3 is 2.70 bits per heavy atom. The molecule has 4 heteroatoms. The first-order valence-corrected chi connectivity index (χ1v) is 7.22. The van der Waals surface area contributed by atoms with Gasteiger partial charge in [0.1, 0.15) is 0 Å². The molecule has 20 heavy (non-hydrogen) atoms. The summed E-state index contributed by atoms with van der Waals surface area (Å²) < 4.78 is 0. The van der Waals surface area contributed by atoms with Crippen LogP contribution in [0.5, 0.6) is 11.5 Å². The molecule has 2 unspecified atom stereocenters. The topological polar surface area (TPSA) is 60.8 Å². The first-order valence-electron chi connectivity index (χ1n) is 7.22. The van der Waals surface area contributed by atoms with Gasteiger partial charge in [-0.3, -0.25) is 9.69 Å². The molecule has 0 spiro atoms. The van der Waals surface area contributed by atoms with Crippen molar-refractivity contribution in [1.82, 2.24) is 4.90 Å². The van der Waals surface area contributed by atoms with Gasteiger partial charge >= 0.3 is 0 Å². The van der Waals surface area contributed by atoms with Gasteiger partial charge in [0, 0.05) is 11.6 Å². The third kappa shape index (κ3) is 3.51. The van der Waals surface area contributed by atoms with E-state index in [2.05, 4.69) is 11.8 Å². The van der Waals surface area contributed by atoms with Crippen LogP contribution in [0.4, 0.5) is 0 Å². The van der Waals surface area contributed by atoms with Gasteiger partial charge in [0.25, 0.3) is 0 Å². The number of phenols is 2. The zero-order chi connectivity index (χ0) is 14.7. The summed E-state index contributed by atoms with van der Waals surface area (Å²) in [7, 11) is 1.99. The number of benzene rings is 1. The summed E-state index contributed by atoms with van der Waals surface area (Å²) in [6.07, 6.45) is 4.80. The van der Waals surface area contributed by atoms with Gasteiger partial charge in [0.15, 0.2) is 17.3 Å². The van der Waals surface area contributed by atoms with E-state index in [9.17, 15) is 15.0 Å². The molecule has 1 saturated carbocycles. The second-order valence-electron chi connectivity index (χ2n) is 5.97. The molecule has 0 saturated heterocycles. The minimum absolute atomic E-state index is 0.0268. The van der Waals surface area contributed by atoms with E-state index in [4.69, 9.17) is 0 Å². The lowest BCUT2D eigenvalue weighted by atomic mass is 9.86. The fraction of sp³-hybridized carbons (Fsp3) is 0.562. The second-order valence-corrected chi connectivity index (χ2v) is 5.97. The number of phenolic OH excluding ortho intramolecular Hbond substituents is 2. The van der Waals surface area contributed by atoms with Crippen molar-refractivity contribution < 1.29 is 15.0 Å². The average molecular weight is 277 g/mol. The Balaban J connectivity index is 1.97. The normalized spacial score (nSPS) is 22.9. The van der Waals surface area contributed by atoms with Crippen LogP contribution < -0.4 is 0 Å². The van der Waals surface area contributed by atoms with Crippen LogP contribution in [0.1, 0.15) is 43.0 Å². The number of hydrogen-bond donors (Lipinski definition) is 2. The monoisotopic (exact) mass is 277 g/mol. The van der Waals surface area contributed by atoms with Gasteiger partial charge in [0.2, 0.25) is 0 Å². The van der Waals surface area contributed by atoms with Crippen molar-refractivity contribution in [2.75, 3.05) is 13.6 Å². The predicted molar refractivity (Wildman–Crippen MR) is 78.2 cm³/mol. The summed E-state index contributed by atoms with van der Waals surface area (Å²) in [5, 5.41) is 18.7. The smallest absolute Gasteiger partial charge is 0.176 e. The standard InChI is InChI=1S/C16H23NO3/c1-11-4-3-5-13(8-11)17(2)10-16(20)12-6-7-14(18)15(19)9-12/h6-7,9,11,13,18-19H,3-5,8,10H2,1-2H3. The van der Waals surface area contributed by atoms with E-state index in [1.54, 1.807) is 6.07 Å². The number of carbonyl (C=O) groups excluding carboxylic acids is 1. The number of rotatable bonds is 4. The minimum Gasteiger partial charge on any atom is -0.504 e. The molecule has 4 nitrogen and oxygen atoms in total. The Hall–Kier alpha value is -1.55. The van der Waals surface area contributed by atoms with Gasteiger partial charge in [0.05, 0.1) is 6.54 Å². The number of Topliss-reactive ketones (excluding diaryl/α,β-unsaturated/α-hetero) is 1. The van der Waals surface area contributed by atoms with Gasteiger partial charge in [-0.15, -0.1) is 0 Å². The average Bonchev–Trinajstić information content (AvgIpc) is 2.41. The third-order valence-electron chi connectivity index (χ3n) is 4.22. The maximum Gasteiger partial charge on any atom is 0.176 e. The highest BCUT2D eigenvalue weighted by atomic mass is 16.3. The van der Waals surface area contributed by atoms with E-state index >= 15 is 0 Å². The van der Waals surface area contributed by atoms with Gasteiger partial charge in [-0.05, 0) is 44.0 Å². The first kappa shape index (κ1) is 14.9. The van der Waals surface area contributed by atoms with E-state index in [-0.39, 0.29) is 17.3 Å². The maximum atomic E-state index is 12.2. The molecule has 1 aromatic rings. The molecule has 1 aliphatic rings. The number of likely N-dealkylation sites (N-methyl/N-ethyl adjacent to an activating group) is 1. The summed E-state index contributed by atoms with van der Waals surface area (Å²) in [5.41, 5.74) is 0.441. The molecule has 2 N–H and O–H groups in total. The summed E-state index contributed by atoms with van der Waals surface area (Å²) in [6.45, 7) is 2.61. The van der Waals surface area contributed by atoms with Crippen LogP contribution in [0.25, 0.3) is 0 Å². The Kier molecular flexibility index (Phi) is 4.65. The molecule has 2 atom stereocenters. The van der Waals surface area contributed by atoms with Crippen molar-refractivity contribution in [2.45, 2.75) is 38.6 Å². The molecule has 0 heterocycles. The van der Waals surface area contributed by atoms with E-state index in [0.717, 1.165) is 18.8 Å². The van der Waals surface area contributed by atoms with Crippen LogP contribution in [-0.4, -0.2) is 40.5 Å². The van der Waals surface area contributed by atoms with Crippen molar-refractivity contribution in [3.63, 3.8) is 0 Å². The van der Waals surface area contributed by atoms with Crippen molar-refractivity contribution in [3.8, 4) is 11.5 Å². The van der Waals surface area contributed by atoms with E-state index in [0.29, 0.717) is 18.2 Å². The number of aromatic hydroxyl groups is 2. The largest absolute Gasteiger partial charge is 0.504 e. The molecule has 0 aromatic heterocycles. The quantitative estimate of drug-likeness (QED) is 0.656. The number of nitrogens with zero attached hydrogens (tertiary/aromatic N) is 1. The Bertz CT molecular complexity index is 487. The number of carbonyl (C=O) groups is 1. The van der Waals surface area contributed by atoms with Crippen molar-refractivity contribution in [3.05, 3.63) is 23.8 Å². The van der Waals surface area contributed by atoms with Gasteiger partial charge in [-0.1, -0.05) is 19.8 Å². The lowest BCUT2D eigenvalue weighted by Gasteiger charge is -2.33. The molecule has 110 valence electrons. The van der Waals surface area contributed by atoms with E-state index < -0.39 is 0 Å². The minimum atomic E-state index is -0.246. The zero-order valence-electron chi connectivity index (χ0n) is 12.2. The summed E-state index contributed by atoms with van der Waals surface area (Å²) >= 11 is 0. The lowest BCUT2D eigenvalue weighted by Crippen LogP contribution is -2.38. The highest BCUT2D eigenvalue weighted by molar-refractivity contribution is 5.98. The first-order chi connectivity index (χ1) is 9.47. The van der Waals surface area contributed by atoms with Gasteiger partial charge in [-0.2, -0.15) is 0 Å². The highest BCUT2D eigenvalue weighted by Crippen LogP contribution is 2.28. The SMILES string of the molecule is CC1CCCC(N(C)CC(=O)c2ccc(O)c(O)c2)C1. The van der Waals surface area contributed by atoms with E-state index in [1.165, 1.54) is 25.0 Å². The second kappa shape index (κ2) is 6.27. The molecule has 1 fully saturated rings. The zero-order valence-corrected chi connectivity index (χ0v) is 12.2. The lowest BCUT2D eigenvalue weighted by molar-refractivity contribution is 0.0882. The Morgan fingerprint density at radius 2 is 2.05 bits per heavy atom. The maximum absolute atomic E-state index is 12.2. The summed E-state index contributed by atoms with van der Waals surface area (Å²) in [5.74, 6) is 0.255. The molecule has 0 radical (unpaired) electrons. The van der Waals surface area contributed by atoms with Crippen molar-refractivity contribution in [2.24, 2.45) is 5.92 Å². The fourth-order valence-electron chi connectivity index (χ4n) is 2.95. The Morgan fingerprint density at radius 1 is 1.30 bits per heavy atom. The van der Waals surface area contributed by atoms with Crippen LogP contribution in [0, 0.1) is 5.92 Å². The molecule has 1 aromatic carbocycles. The highest BCUT2D eigenvalue weighted by Gasteiger charge is 2.24. The molecule has 0 bridgehead atoms. The van der Waals surface area contributed by atoms with Crippen molar-refractivity contribution in [1.29, 1.82) is 0 Å². The molecular weight excluding hydrogens is 254 g/mol. The van der Waals surface area contributed by atoms with Crippen LogP contribution in [0.2, 0.25) is 0 Å². The molecule has 0 aliphatic heterocycles. The number of hydrogen-bond acceptors (Lipinski definition) is 4. The van der Waals surface area contributed by atoms with E-state index in [1.807, 2.05) is 7.05 Å². The van der Waals surface area contributed by atoms with Crippen molar-refractivity contribution >= 4 is 5.78 Å². The Labute approximate surface area is 120 Å². The predicted octanol–water partition coefficient (Wildman–Crippen LogP) is 2.79. The molecule has 2 rings (SSSR count). The van der Waals surface area contributed by atoms with Crippen LogP contribution in [0.3, 0.4) is 0 Å². The fourth-order valence-corrected chi connectivity index (χ4v) is 2.95. The van der Waals surface area contributed by atoms with Gasteiger partial charge < -0.3 is 10.2 Å². The van der Waals surface area contributed by atoms with Crippen LogP contribution >= 0.6 is 0 Å². The summed E-state index contributed by atoms with van der Waals surface area (Å²) in [4.78, 5) is 14.3. The van der Waals surface area contributed by atoms with Crippen LogP contribution in [0.15, 0.2) is 18.2 Å². The summed E-state index contributed by atoms with van der Waals surface area (Å²) in [6, 6.07) is 4.70. The van der Waals surface area contributed by atoms with Gasteiger partial charge in [-0.25, -0.2) is 0 Å². The van der Waals surface area contributed by atoms with Crippen LogP contribution in [-0.2, 0) is 0 Å². The molecular formula is C16H23NO3. The molecule has 0 amide bonds. The third-order valence-corrected chi connectivity index (χ3v) is 4.22. The number of ketones is 1.